The van der Waals surface area contributed by atoms with Crippen LogP contribution < -0.4 is 26.4 Å². The molecule has 8 rings (SSSR count). The van der Waals surface area contributed by atoms with Crippen LogP contribution in [0, 0.1) is 0 Å². The molecule has 27 heteroatoms. The molecule has 2 nitrogen and oxygen atoms in total. The Labute approximate surface area is 445 Å². The molecule has 0 atom stereocenters. The highest BCUT2D eigenvalue weighted by Crippen LogP contribution is 2.41. The van der Waals surface area contributed by atoms with Crippen molar-refractivity contribution >= 4 is 44.6 Å². The van der Waals surface area contributed by atoms with Crippen molar-refractivity contribution in [2.45, 2.75) is 56.0 Å². The molecule has 0 spiro atoms. The first-order valence-electron chi connectivity index (χ1n) is 23.0. The van der Waals surface area contributed by atoms with E-state index in [9.17, 15) is 110 Å². The van der Waals surface area contributed by atoms with E-state index in [-0.39, 0.29) is 5.78 Å². The molecule has 432 valence electrons. The predicted molar refractivity (Wildman–Crippen MR) is 250 cm³/mol. The summed E-state index contributed by atoms with van der Waals surface area (Å²) in [6, 6.07) is 18.9. The summed E-state index contributed by atoms with van der Waals surface area (Å²) in [5, 5.41) is 2.46. The maximum atomic E-state index is 14.2. The van der Waals surface area contributed by atoms with E-state index in [1.165, 1.54) is 16.3 Å². The number of ketones is 1. The Morgan fingerprint density at radius 2 is 0.585 bits per heavy atom. The molecule has 0 unspecified atom stereocenters. The van der Waals surface area contributed by atoms with Crippen LogP contribution in [-0.4, -0.2) is 11.9 Å². The molecule has 82 heavy (non-hydrogen) atoms. The standard InChI is InChI=1S/C32H12BF24.C23H18NO/c34-25(35,36)13-1-14(26(37,38)39)6-21(5-13)33(22-7-15(27(40,41)42)2-16(8-22)28(43,44)45,23-9-17(29(46,47)48)3-18(10-23)30(49,50)51)24-11-19(31(52,53)54)4-20(12-24)32(55,56)57;25-23(20-7-2-1-3-8-20)21-12-10-18(11-13-21)16-24-15-14-19-6-4-5-9-22(19)17-24/h1-12H;1-15,17H,16H2/q-1;+1. The number of aromatic nitrogens is 1. The van der Waals surface area contributed by atoms with Crippen molar-refractivity contribution in [3.63, 3.8) is 0 Å². The molecule has 0 saturated carbocycles. The minimum Gasteiger partial charge on any atom is -0.289 e. The first-order valence-corrected chi connectivity index (χ1v) is 23.0. The Morgan fingerprint density at radius 3 is 0.878 bits per heavy atom. The van der Waals surface area contributed by atoms with Gasteiger partial charge < -0.3 is 0 Å². The van der Waals surface area contributed by atoms with Gasteiger partial charge in [-0.2, -0.15) is 127 Å². The van der Waals surface area contributed by atoms with Gasteiger partial charge in [0.05, 0.1) is 44.5 Å². The van der Waals surface area contributed by atoms with Crippen LogP contribution in [0.1, 0.15) is 66.0 Å². The highest BCUT2D eigenvalue weighted by molar-refractivity contribution is 7.20. The Morgan fingerprint density at radius 1 is 0.317 bits per heavy atom. The minimum atomic E-state index is -6.13. The monoisotopic (exact) mass is 1190 g/mol. The molecule has 7 aromatic carbocycles. The van der Waals surface area contributed by atoms with Crippen LogP contribution in [0.2, 0.25) is 0 Å². The highest BCUT2D eigenvalue weighted by atomic mass is 19.4. The summed E-state index contributed by atoms with van der Waals surface area (Å²) in [6.45, 7) is 0.782. The molecular formula is C55H30BF24NO. The van der Waals surface area contributed by atoms with Crippen molar-refractivity contribution in [1.82, 2.24) is 0 Å². The lowest BCUT2D eigenvalue weighted by Crippen LogP contribution is -2.75. The van der Waals surface area contributed by atoms with Crippen molar-refractivity contribution in [3.05, 3.63) is 231 Å². The fourth-order valence-corrected chi connectivity index (χ4v) is 9.08. The molecule has 0 N–H and O–H groups in total. The SMILES string of the molecule is FC(F)(F)c1cc([B-](c2cc(C(F)(F)F)cc(C(F)(F)F)c2)(c2cc(C(F)(F)F)cc(C(F)(F)F)c2)c2cc(C(F)(F)F)cc(C(F)(F)F)c2)cc(C(F)(F)F)c1.O=C(c1ccccc1)c1ccc(C[n+]2ccc3ccccc3c2)cc1. The number of fused-ring (bicyclic) bond motifs is 1. The Balaban J connectivity index is 0.000000318. The van der Waals surface area contributed by atoms with E-state index in [1.807, 2.05) is 54.6 Å². The Hall–Kier alpha value is -8.00. The van der Waals surface area contributed by atoms with Crippen molar-refractivity contribution in [2.75, 3.05) is 0 Å². The van der Waals surface area contributed by atoms with Crippen molar-refractivity contribution < 1.29 is 115 Å². The Kier molecular flexibility index (Phi) is 16.3. The fourth-order valence-electron chi connectivity index (χ4n) is 9.08. The summed E-state index contributed by atoms with van der Waals surface area (Å²) < 4.78 is 343. The van der Waals surface area contributed by atoms with Crippen LogP contribution in [0.5, 0.6) is 0 Å². The molecule has 0 saturated heterocycles. The van der Waals surface area contributed by atoms with Gasteiger partial charge in [0.15, 0.2) is 24.7 Å². The van der Waals surface area contributed by atoms with Gasteiger partial charge in [0.2, 0.25) is 0 Å². The molecule has 0 amide bonds. The number of carbonyl (C=O) groups excluding carboxylic acids is 1. The van der Waals surface area contributed by atoms with E-state index >= 15 is 0 Å². The third-order valence-electron chi connectivity index (χ3n) is 12.8. The zero-order valence-electron chi connectivity index (χ0n) is 40.4. The van der Waals surface area contributed by atoms with Gasteiger partial charge in [-0.15, -0.1) is 0 Å². The number of halogens is 24. The predicted octanol–water partition coefficient (Wildman–Crippen LogP) is 15.6. The summed E-state index contributed by atoms with van der Waals surface area (Å²) in [6.07, 6.45) is -50.6. The molecule has 0 aliphatic carbocycles. The molecule has 0 radical (unpaired) electrons. The van der Waals surface area contributed by atoms with Gasteiger partial charge in [-0.25, -0.2) is 4.57 Å². The van der Waals surface area contributed by atoms with Crippen LogP contribution in [0.4, 0.5) is 105 Å². The van der Waals surface area contributed by atoms with Gasteiger partial charge in [0, 0.05) is 28.1 Å². The quantitative estimate of drug-likeness (QED) is 0.0643. The molecule has 1 aromatic heterocycles. The van der Waals surface area contributed by atoms with Crippen molar-refractivity contribution in [3.8, 4) is 0 Å². The van der Waals surface area contributed by atoms with Gasteiger partial charge >= 0.3 is 49.4 Å². The molecule has 0 bridgehead atoms. The van der Waals surface area contributed by atoms with Crippen LogP contribution in [0.25, 0.3) is 10.8 Å². The lowest BCUT2D eigenvalue weighted by atomic mass is 9.12. The number of pyridine rings is 1. The summed E-state index contributed by atoms with van der Waals surface area (Å²) in [7, 11) is 0. The van der Waals surface area contributed by atoms with E-state index < -0.39 is 195 Å². The maximum absolute atomic E-state index is 14.2. The van der Waals surface area contributed by atoms with Gasteiger partial charge in [-0.1, -0.05) is 121 Å². The smallest absolute Gasteiger partial charge is 0.289 e. The lowest BCUT2D eigenvalue weighted by molar-refractivity contribution is -0.687. The van der Waals surface area contributed by atoms with Gasteiger partial charge in [0.25, 0.3) is 0 Å². The number of alkyl halides is 24. The molecule has 0 fully saturated rings. The normalized spacial score (nSPS) is 13.2. The number of hydrogen-bond acceptors (Lipinski definition) is 1. The summed E-state index contributed by atoms with van der Waals surface area (Å²) >= 11 is 0. The zero-order chi connectivity index (χ0) is 61.0. The fraction of sp³-hybridized carbons (Fsp3) is 0.164. The third kappa shape index (κ3) is 13.8. The highest BCUT2D eigenvalue weighted by Gasteiger charge is 2.47. The second kappa shape index (κ2) is 21.7. The number of nitrogens with zero attached hydrogens (tertiary/aromatic N) is 1. The number of carbonyl (C=O) groups is 1. The van der Waals surface area contributed by atoms with Crippen molar-refractivity contribution in [1.29, 1.82) is 0 Å². The molecule has 0 aliphatic rings. The number of hydrogen-bond donors (Lipinski definition) is 0. The van der Waals surface area contributed by atoms with E-state index in [0.29, 0.717) is 0 Å². The average molecular weight is 1190 g/mol. The molecule has 8 aromatic rings. The summed E-state index contributed by atoms with van der Waals surface area (Å²) in [5.41, 5.74) is -27.6. The van der Waals surface area contributed by atoms with Crippen molar-refractivity contribution in [2.24, 2.45) is 0 Å². The van der Waals surface area contributed by atoms with Gasteiger partial charge in [0.1, 0.15) is 6.15 Å². The summed E-state index contributed by atoms with van der Waals surface area (Å²) in [4.78, 5) is 12.5. The van der Waals surface area contributed by atoms with Crippen LogP contribution in [-0.2, 0) is 56.0 Å². The third-order valence-corrected chi connectivity index (χ3v) is 12.8. The first kappa shape index (κ1) is 61.6. The Bertz CT molecular complexity index is 3190. The van der Waals surface area contributed by atoms with E-state index in [1.54, 1.807) is 0 Å². The molecule has 0 aliphatic heterocycles. The van der Waals surface area contributed by atoms with E-state index in [4.69, 9.17) is 0 Å². The van der Waals surface area contributed by atoms with Crippen LogP contribution in [0.3, 0.4) is 0 Å². The topological polar surface area (TPSA) is 20.9 Å². The zero-order valence-corrected chi connectivity index (χ0v) is 40.4. The average Bonchev–Trinajstić information content (AvgIpc) is 3.08. The maximum Gasteiger partial charge on any atom is 0.416 e. The number of benzene rings is 7. The van der Waals surface area contributed by atoms with Gasteiger partial charge in [-0.3, -0.25) is 4.79 Å². The second-order valence-corrected chi connectivity index (χ2v) is 18.4. The van der Waals surface area contributed by atoms with Crippen LogP contribution in [0.15, 0.2) is 170 Å². The number of rotatable bonds is 8. The minimum absolute atomic E-state index is 0.0607. The molecule has 1 heterocycles. The van der Waals surface area contributed by atoms with E-state index in [0.717, 1.165) is 17.7 Å². The van der Waals surface area contributed by atoms with E-state index in [2.05, 4.69) is 47.3 Å². The largest absolute Gasteiger partial charge is 0.416 e. The van der Waals surface area contributed by atoms with Gasteiger partial charge in [-0.05, 0) is 35.7 Å². The second-order valence-electron chi connectivity index (χ2n) is 18.4. The van der Waals surface area contributed by atoms with Crippen LogP contribution >= 0.6 is 0 Å². The summed E-state index contributed by atoms with van der Waals surface area (Å²) in [5.74, 6) is 0.0607. The molecular weight excluding hydrogens is 1160 g/mol. The first-order chi connectivity index (χ1) is 37.6. The lowest BCUT2D eigenvalue weighted by Gasteiger charge is -2.46.